The second kappa shape index (κ2) is 9.86. The summed E-state index contributed by atoms with van der Waals surface area (Å²) in [7, 11) is 0. The van der Waals surface area contributed by atoms with Crippen LogP contribution < -0.4 is 0 Å². The molecule has 1 heterocycles. The fourth-order valence-electron chi connectivity index (χ4n) is 3.14. The average Bonchev–Trinajstić information content (AvgIpc) is 3.21. The van der Waals surface area contributed by atoms with Crippen molar-refractivity contribution < 1.29 is 4.42 Å². The lowest BCUT2D eigenvalue weighted by atomic mass is 10.0. The molecule has 3 heteroatoms. The Kier molecular flexibility index (Phi) is 6.97. The van der Waals surface area contributed by atoms with Gasteiger partial charge in [0.15, 0.2) is 0 Å². The molecule has 140 valence electrons. The zero-order chi connectivity index (χ0) is 18.9. The minimum Gasteiger partial charge on any atom is -0.416 e. The number of nitrogens with zero attached hydrogens (tertiary/aromatic N) is 2. The minimum atomic E-state index is 0.539. The predicted octanol–water partition coefficient (Wildman–Crippen LogP) is 6.95. The number of aromatic nitrogens is 2. The SMILES string of the molecule is C=Cc1ccc(-c2nnc(-c3ccc(CCCCCCCC)cc3)o2)cc1. The highest BCUT2D eigenvalue weighted by atomic mass is 16.4. The van der Waals surface area contributed by atoms with E-state index in [9.17, 15) is 0 Å². The van der Waals surface area contributed by atoms with Crippen molar-refractivity contribution in [3.8, 4) is 22.9 Å². The van der Waals surface area contributed by atoms with Crippen LogP contribution in [0.1, 0.15) is 56.6 Å². The second-order valence-electron chi connectivity index (χ2n) is 6.95. The van der Waals surface area contributed by atoms with Gasteiger partial charge in [-0.15, -0.1) is 10.2 Å². The van der Waals surface area contributed by atoms with E-state index >= 15 is 0 Å². The number of benzene rings is 2. The van der Waals surface area contributed by atoms with Gasteiger partial charge in [-0.3, -0.25) is 0 Å². The molecule has 0 saturated heterocycles. The van der Waals surface area contributed by atoms with Crippen LogP contribution in [0.2, 0.25) is 0 Å². The lowest BCUT2D eigenvalue weighted by Gasteiger charge is -2.03. The van der Waals surface area contributed by atoms with E-state index in [0.717, 1.165) is 23.1 Å². The largest absolute Gasteiger partial charge is 0.416 e. The smallest absolute Gasteiger partial charge is 0.248 e. The maximum absolute atomic E-state index is 5.86. The van der Waals surface area contributed by atoms with E-state index in [0.29, 0.717) is 11.8 Å². The Morgan fingerprint density at radius 1 is 0.778 bits per heavy atom. The number of rotatable bonds is 10. The van der Waals surface area contributed by atoms with E-state index in [2.05, 4.69) is 48.0 Å². The normalized spacial score (nSPS) is 10.9. The first kappa shape index (κ1) is 19.1. The van der Waals surface area contributed by atoms with Crippen LogP contribution in [-0.2, 0) is 6.42 Å². The quantitative estimate of drug-likeness (QED) is 0.367. The van der Waals surface area contributed by atoms with Gasteiger partial charge < -0.3 is 4.42 Å². The molecule has 0 saturated carbocycles. The molecular weight excluding hydrogens is 332 g/mol. The summed E-state index contributed by atoms with van der Waals surface area (Å²) in [6.45, 7) is 6.02. The Bertz CT molecular complexity index is 832. The topological polar surface area (TPSA) is 38.9 Å². The van der Waals surface area contributed by atoms with Crippen molar-refractivity contribution in [2.45, 2.75) is 51.9 Å². The van der Waals surface area contributed by atoms with Gasteiger partial charge in [0.2, 0.25) is 11.8 Å². The van der Waals surface area contributed by atoms with Crippen molar-refractivity contribution in [3.63, 3.8) is 0 Å². The van der Waals surface area contributed by atoms with Gasteiger partial charge in [0.1, 0.15) is 0 Å². The predicted molar refractivity (Wildman–Crippen MR) is 112 cm³/mol. The van der Waals surface area contributed by atoms with Crippen LogP contribution in [0.4, 0.5) is 0 Å². The third kappa shape index (κ3) is 5.40. The number of unbranched alkanes of at least 4 members (excludes halogenated alkanes) is 5. The molecule has 0 unspecified atom stereocenters. The van der Waals surface area contributed by atoms with Crippen LogP contribution in [0.3, 0.4) is 0 Å². The molecule has 0 N–H and O–H groups in total. The molecule has 1 aromatic heterocycles. The summed E-state index contributed by atoms with van der Waals surface area (Å²) < 4.78 is 5.86. The Balaban J connectivity index is 1.57. The molecular formula is C24H28N2O. The molecule has 0 aliphatic rings. The molecule has 3 rings (SSSR count). The summed E-state index contributed by atoms with van der Waals surface area (Å²) in [5.41, 5.74) is 4.32. The van der Waals surface area contributed by atoms with Crippen molar-refractivity contribution >= 4 is 6.08 Å². The lowest BCUT2D eigenvalue weighted by molar-refractivity contribution is 0.584. The molecule has 0 aliphatic carbocycles. The van der Waals surface area contributed by atoms with E-state index < -0.39 is 0 Å². The molecule has 0 aliphatic heterocycles. The van der Waals surface area contributed by atoms with E-state index in [1.54, 1.807) is 0 Å². The highest BCUT2D eigenvalue weighted by Crippen LogP contribution is 2.25. The van der Waals surface area contributed by atoms with Gasteiger partial charge in [0.25, 0.3) is 0 Å². The first-order chi connectivity index (χ1) is 13.3. The van der Waals surface area contributed by atoms with Gasteiger partial charge >= 0.3 is 0 Å². The molecule has 0 atom stereocenters. The fourth-order valence-corrected chi connectivity index (χ4v) is 3.14. The molecule has 0 bridgehead atoms. The Morgan fingerprint density at radius 2 is 1.33 bits per heavy atom. The van der Waals surface area contributed by atoms with Gasteiger partial charge in [-0.2, -0.15) is 0 Å². The van der Waals surface area contributed by atoms with Crippen molar-refractivity contribution in [3.05, 3.63) is 66.2 Å². The Morgan fingerprint density at radius 3 is 1.93 bits per heavy atom. The van der Waals surface area contributed by atoms with Crippen LogP contribution in [0.5, 0.6) is 0 Å². The van der Waals surface area contributed by atoms with E-state index in [4.69, 9.17) is 4.42 Å². The van der Waals surface area contributed by atoms with E-state index in [1.807, 2.05) is 30.3 Å². The molecule has 27 heavy (non-hydrogen) atoms. The maximum atomic E-state index is 5.86. The molecule has 0 spiro atoms. The summed E-state index contributed by atoms with van der Waals surface area (Å²) in [4.78, 5) is 0. The molecule has 0 amide bonds. The standard InChI is InChI=1S/C24H28N2O/c1-3-5-6-7-8-9-10-20-13-17-22(18-14-20)24-26-25-23(27-24)21-15-11-19(4-2)12-16-21/h4,11-18H,2-3,5-10H2,1H3. The fraction of sp³-hybridized carbons (Fsp3) is 0.333. The maximum Gasteiger partial charge on any atom is 0.248 e. The molecule has 0 radical (unpaired) electrons. The molecule has 0 fully saturated rings. The zero-order valence-electron chi connectivity index (χ0n) is 16.2. The van der Waals surface area contributed by atoms with Crippen LogP contribution >= 0.6 is 0 Å². The van der Waals surface area contributed by atoms with Crippen molar-refractivity contribution in [1.82, 2.24) is 10.2 Å². The Hall–Kier alpha value is -2.68. The highest BCUT2D eigenvalue weighted by molar-refractivity contribution is 5.60. The molecule has 3 nitrogen and oxygen atoms in total. The Labute approximate surface area is 162 Å². The highest BCUT2D eigenvalue weighted by Gasteiger charge is 2.10. The van der Waals surface area contributed by atoms with Gasteiger partial charge in [0, 0.05) is 11.1 Å². The van der Waals surface area contributed by atoms with E-state index in [1.165, 1.54) is 44.1 Å². The first-order valence-corrected chi connectivity index (χ1v) is 9.96. The second-order valence-corrected chi connectivity index (χ2v) is 6.95. The van der Waals surface area contributed by atoms with E-state index in [-0.39, 0.29) is 0 Å². The van der Waals surface area contributed by atoms with Crippen LogP contribution in [0.15, 0.2) is 59.5 Å². The van der Waals surface area contributed by atoms with Gasteiger partial charge in [-0.25, -0.2) is 0 Å². The van der Waals surface area contributed by atoms with Crippen LogP contribution in [0, 0.1) is 0 Å². The molecule has 3 aromatic rings. The summed E-state index contributed by atoms with van der Waals surface area (Å²) in [6, 6.07) is 16.4. The van der Waals surface area contributed by atoms with Crippen molar-refractivity contribution in [2.75, 3.05) is 0 Å². The summed E-state index contributed by atoms with van der Waals surface area (Å²) in [5, 5.41) is 8.39. The van der Waals surface area contributed by atoms with Crippen LogP contribution in [-0.4, -0.2) is 10.2 Å². The van der Waals surface area contributed by atoms with Crippen molar-refractivity contribution in [1.29, 1.82) is 0 Å². The molecule has 2 aromatic carbocycles. The minimum absolute atomic E-state index is 0.539. The van der Waals surface area contributed by atoms with Gasteiger partial charge in [0.05, 0.1) is 0 Å². The van der Waals surface area contributed by atoms with Gasteiger partial charge in [-0.1, -0.05) is 75.9 Å². The van der Waals surface area contributed by atoms with Gasteiger partial charge in [-0.05, 0) is 48.2 Å². The zero-order valence-corrected chi connectivity index (χ0v) is 16.2. The average molecular weight is 361 g/mol. The number of hydrogen-bond acceptors (Lipinski definition) is 3. The number of aryl methyl sites for hydroxylation is 1. The van der Waals surface area contributed by atoms with Crippen molar-refractivity contribution in [2.24, 2.45) is 0 Å². The third-order valence-corrected chi connectivity index (χ3v) is 4.84. The van der Waals surface area contributed by atoms with Crippen LogP contribution in [0.25, 0.3) is 29.0 Å². The first-order valence-electron chi connectivity index (χ1n) is 9.96. The summed E-state index contributed by atoms with van der Waals surface area (Å²) >= 11 is 0. The summed E-state index contributed by atoms with van der Waals surface area (Å²) in [6.07, 6.45) is 10.9. The lowest BCUT2D eigenvalue weighted by Crippen LogP contribution is -1.87. The monoisotopic (exact) mass is 360 g/mol. The third-order valence-electron chi connectivity index (χ3n) is 4.84. The summed E-state index contributed by atoms with van der Waals surface area (Å²) in [5.74, 6) is 1.10. The number of hydrogen-bond donors (Lipinski definition) is 0.